The number of carboxylic acid groups (broad SMARTS) is 1. The molecule has 0 saturated carbocycles. The summed E-state index contributed by atoms with van der Waals surface area (Å²) in [7, 11) is 0. The number of carboxylic acids is 1. The van der Waals surface area contributed by atoms with Crippen LogP contribution in [0, 0.1) is 0 Å². The highest BCUT2D eigenvalue weighted by Crippen LogP contribution is 2.07. The van der Waals surface area contributed by atoms with Crippen LogP contribution in [0.25, 0.3) is 0 Å². The van der Waals surface area contributed by atoms with E-state index in [4.69, 9.17) is 5.11 Å². The molecule has 0 rings (SSSR count). The molecule has 1 atom stereocenters. The average Bonchev–Trinajstić information content (AvgIpc) is 2.26. The van der Waals surface area contributed by atoms with Gasteiger partial charge in [-0.25, -0.2) is 9.59 Å². The van der Waals surface area contributed by atoms with Crippen LogP contribution in [-0.4, -0.2) is 41.1 Å². The molecule has 0 bridgehead atoms. The second kappa shape index (κ2) is 8.63. The Morgan fingerprint density at radius 3 is 2.53 bits per heavy atom. The van der Waals surface area contributed by atoms with Crippen molar-refractivity contribution in [3.63, 3.8) is 0 Å². The zero-order valence-corrected chi connectivity index (χ0v) is 10.5. The van der Waals surface area contributed by atoms with Crippen molar-refractivity contribution in [3.8, 4) is 0 Å². The highest BCUT2D eigenvalue weighted by molar-refractivity contribution is 7.99. The van der Waals surface area contributed by atoms with Gasteiger partial charge in [-0.2, -0.15) is 11.8 Å². The Bertz CT molecular complexity index is 317. The van der Waals surface area contributed by atoms with Gasteiger partial charge in [0.15, 0.2) is 0 Å². The fourth-order valence-corrected chi connectivity index (χ4v) is 1.21. The number of thioether (sulfide) groups is 1. The van der Waals surface area contributed by atoms with Gasteiger partial charge in [0.2, 0.25) is 0 Å². The van der Waals surface area contributed by atoms with Crippen molar-refractivity contribution in [3.05, 3.63) is 12.2 Å². The zero-order chi connectivity index (χ0) is 13.3. The van der Waals surface area contributed by atoms with E-state index in [9.17, 15) is 14.4 Å². The highest BCUT2D eigenvalue weighted by Gasteiger charge is 2.05. The quantitative estimate of drug-likeness (QED) is 0.608. The van der Waals surface area contributed by atoms with Crippen LogP contribution in [0.15, 0.2) is 12.2 Å². The number of carbonyl (C=O) groups excluding carboxylic acids is 2. The molecule has 0 aliphatic heterocycles. The minimum Gasteiger partial charge on any atom is -0.478 e. The lowest BCUT2D eigenvalue weighted by molar-refractivity contribution is -0.131. The van der Waals surface area contributed by atoms with E-state index < -0.39 is 17.9 Å². The third-order valence-electron chi connectivity index (χ3n) is 1.85. The molecule has 0 saturated heterocycles. The first kappa shape index (κ1) is 15.5. The molecule has 0 aliphatic rings. The predicted octanol–water partition coefficient (Wildman–Crippen LogP) is 0.595. The summed E-state index contributed by atoms with van der Waals surface area (Å²) in [5, 5.41) is 13.2. The number of rotatable bonds is 6. The summed E-state index contributed by atoms with van der Waals surface area (Å²) >= 11 is 1.69. The van der Waals surface area contributed by atoms with Crippen LogP contribution >= 0.6 is 11.8 Å². The summed E-state index contributed by atoms with van der Waals surface area (Å²) in [5.41, 5.74) is 0. The van der Waals surface area contributed by atoms with Crippen molar-refractivity contribution in [2.45, 2.75) is 18.6 Å². The standard InChI is InChI=1S/C10H16N2O4S/c1-7(17-2)5-6-11-10(16)12-8(13)3-4-9(14)15/h3-4,7H,5-6H2,1-2H3,(H,14,15)(H2,11,12,13,16)/b4-3+. The highest BCUT2D eigenvalue weighted by atomic mass is 32.2. The van der Waals surface area contributed by atoms with Crippen LogP contribution in [-0.2, 0) is 9.59 Å². The summed E-state index contributed by atoms with van der Waals surface area (Å²) in [6.45, 7) is 2.49. The maximum absolute atomic E-state index is 11.1. The van der Waals surface area contributed by atoms with Crippen LogP contribution in [0.2, 0.25) is 0 Å². The minimum atomic E-state index is -1.24. The Hall–Kier alpha value is -1.50. The molecule has 0 heterocycles. The van der Waals surface area contributed by atoms with Gasteiger partial charge in [-0.3, -0.25) is 10.1 Å². The molecule has 0 fully saturated rings. The monoisotopic (exact) mass is 260 g/mol. The summed E-state index contributed by atoms with van der Waals surface area (Å²) in [4.78, 5) is 32.2. The first-order valence-electron chi connectivity index (χ1n) is 4.98. The molecule has 96 valence electrons. The number of imide groups is 1. The van der Waals surface area contributed by atoms with Gasteiger partial charge in [-0.15, -0.1) is 0 Å². The molecule has 3 amide bonds. The van der Waals surface area contributed by atoms with Crippen molar-refractivity contribution in [1.82, 2.24) is 10.6 Å². The lowest BCUT2D eigenvalue weighted by Crippen LogP contribution is -2.39. The second-order valence-electron chi connectivity index (χ2n) is 3.25. The number of amides is 3. The molecule has 17 heavy (non-hydrogen) atoms. The lowest BCUT2D eigenvalue weighted by Gasteiger charge is -2.08. The Balaban J connectivity index is 3.79. The molecule has 7 heteroatoms. The summed E-state index contributed by atoms with van der Waals surface area (Å²) < 4.78 is 0. The van der Waals surface area contributed by atoms with Gasteiger partial charge in [0, 0.05) is 23.9 Å². The van der Waals surface area contributed by atoms with Crippen LogP contribution in [0.5, 0.6) is 0 Å². The smallest absolute Gasteiger partial charge is 0.328 e. The largest absolute Gasteiger partial charge is 0.478 e. The van der Waals surface area contributed by atoms with E-state index in [0.717, 1.165) is 12.5 Å². The van der Waals surface area contributed by atoms with E-state index in [1.807, 2.05) is 18.5 Å². The van der Waals surface area contributed by atoms with Crippen molar-refractivity contribution in [2.24, 2.45) is 0 Å². The molecule has 1 unspecified atom stereocenters. The lowest BCUT2D eigenvalue weighted by atomic mass is 10.3. The fraction of sp³-hybridized carbons (Fsp3) is 0.500. The van der Waals surface area contributed by atoms with Gasteiger partial charge in [0.25, 0.3) is 5.91 Å². The number of hydrogen-bond acceptors (Lipinski definition) is 4. The second-order valence-corrected chi connectivity index (χ2v) is 4.53. The van der Waals surface area contributed by atoms with Crippen LogP contribution in [0.3, 0.4) is 0 Å². The summed E-state index contributed by atoms with van der Waals surface area (Å²) in [5.74, 6) is -2.00. The van der Waals surface area contributed by atoms with E-state index >= 15 is 0 Å². The Morgan fingerprint density at radius 1 is 1.35 bits per heavy atom. The molecule has 0 aliphatic carbocycles. The van der Waals surface area contributed by atoms with Crippen molar-refractivity contribution < 1.29 is 19.5 Å². The molecule has 0 aromatic rings. The van der Waals surface area contributed by atoms with E-state index in [1.165, 1.54) is 0 Å². The number of hydrogen-bond donors (Lipinski definition) is 3. The normalized spacial score (nSPS) is 12.1. The van der Waals surface area contributed by atoms with Gasteiger partial charge in [0.05, 0.1) is 0 Å². The fourth-order valence-electron chi connectivity index (χ4n) is 0.852. The van der Waals surface area contributed by atoms with E-state index in [1.54, 1.807) is 11.8 Å². The molecule has 0 radical (unpaired) electrons. The number of carbonyl (C=O) groups is 3. The molecular formula is C10H16N2O4S. The van der Waals surface area contributed by atoms with E-state index in [2.05, 4.69) is 5.32 Å². The minimum absolute atomic E-state index is 0.429. The third kappa shape index (κ3) is 9.43. The zero-order valence-electron chi connectivity index (χ0n) is 9.73. The molecule has 6 nitrogen and oxygen atoms in total. The Labute approximate surface area is 104 Å². The third-order valence-corrected chi connectivity index (χ3v) is 2.89. The maximum atomic E-state index is 11.1. The van der Waals surface area contributed by atoms with Gasteiger partial charge >= 0.3 is 12.0 Å². The molecule has 0 spiro atoms. The van der Waals surface area contributed by atoms with Crippen LogP contribution < -0.4 is 10.6 Å². The number of aliphatic carboxylic acids is 1. The van der Waals surface area contributed by atoms with Crippen LogP contribution in [0.4, 0.5) is 4.79 Å². The average molecular weight is 260 g/mol. The molecule has 3 N–H and O–H groups in total. The molecular weight excluding hydrogens is 244 g/mol. The van der Waals surface area contributed by atoms with E-state index in [0.29, 0.717) is 17.9 Å². The predicted molar refractivity (Wildman–Crippen MR) is 65.9 cm³/mol. The molecule has 0 aromatic heterocycles. The van der Waals surface area contributed by atoms with Crippen LogP contribution in [0.1, 0.15) is 13.3 Å². The number of urea groups is 1. The van der Waals surface area contributed by atoms with Gasteiger partial charge in [0.1, 0.15) is 0 Å². The topological polar surface area (TPSA) is 95.5 Å². The maximum Gasteiger partial charge on any atom is 0.328 e. The van der Waals surface area contributed by atoms with Gasteiger partial charge < -0.3 is 10.4 Å². The van der Waals surface area contributed by atoms with Crippen molar-refractivity contribution in [1.29, 1.82) is 0 Å². The summed E-state index contributed by atoms with van der Waals surface area (Å²) in [6.07, 6.45) is 4.23. The summed E-state index contributed by atoms with van der Waals surface area (Å²) in [6, 6.07) is -0.627. The number of nitrogens with one attached hydrogen (secondary N) is 2. The SMILES string of the molecule is CSC(C)CCNC(=O)NC(=O)/C=C/C(=O)O. The van der Waals surface area contributed by atoms with Gasteiger partial charge in [-0.1, -0.05) is 6.92 Å². The van der Waals surface area contributed by atoms with Gasteiger partial charge in [-0.05, 0) is 12.7 Å². The first-order chi connectivity index (χ1) is 7.95. The van der Waals surface area contributed by atoms with E-state index in [-0.39, 0.29) is 0 Å². The van der Waals surface area contributed by atoms with Crippen molar-refractivity contribution in [2.75, 3.05) is 12.8 Å². The van der Waals surface area contributed by atoms with Crippen molar-refractivity contribution >= 4 is 29.7 Å². The Morgan fingerprint density at radius 2 is 2.00 bits per heavy atom. The Kier molecular flexibility index (Phi) is 7.87. The molecule has 0 aromatic carbocycles. The first-order valence-corrected chi connectivity index (χ1v) is 6.27.